The molecule has 5 heteroatoms. The Hall–Kier alpha value is -2.20. The van der Waals surface area contributed by atoms with Crippen molar-refractivity contribution in [2.75, 3.05) is 6.54 Å². The predicted octanol–water partition coefficient (Wildman–Crippen LogP) is 2.72. The Kier molecular flexibility index (Phi) is 4.48. The van der Waals surface area contributed by atoms with E-state index in [0.29, 0.717) is 18.0 Å². The highest BCUT2D eigenvalue weighted by molar-refractivity contribution is 6.30. The molecule has 0 aliphatic heterocycles. The van der Waals surface area contributed by atoms with Gasteiger partial charge in [0.05, 0.1) is 5.56 Å². The molecule has 0 saturated carbocycles. The van der Waals surface area contributed by atoms with Gasteiger partial charge in [0, 0.05) is 11.6 Å². The Bertz CT molecular complexity index is 611. The molecular formula is C15H14ClNO3. The lowest BCUT2D eigenvalue weighted by atomic mass is 10.1. The molecule has 0 spiro atoms. The summed E-state index contributed by atoms with van der Waals surface area (Å²) in [7, 11) is 0. The van der Waals surface area contributed by atoms with E-state index in [4.69, 9.17) is 11.6 Å². The van der Waals surface area contributed by atoms with Gasteiger partial charge in [-0.1, -0.05) is 23.7 Å². The average molecular weight is 292 g/mol. The lowest BCUT2D eigenvalue weighted by molar-refractivity contribution is 0.0951. The maximum atomic E-state index is 11.9. The molecule has 0 radical (unpaired) electrons. The second-order valence-electron chi connectivity index (χ2n) is 4.33. The summed E-state index contributed by atoms with van der Waals surface area (Å²) in [6, 6.07) is 11.2. The minimum Gasteiger partial charge on any atom is -0.508 e. The van der Waals surface area contributed by atoms with E-state index >= 15 is 0 Å². The number of nitrogens with one attached hydrogen (secondary N) is 1. The lowest BCUT2D eigenvalue weighted by Crippen LogP contribution is -2.25. The molecule has 0 aliphatic rings. The van der Waals surface area contributed by atoms with Crippen LogP contribution in [0.25, 0.3) is 0 Å². The van der Waals surface area contributed by atoms with Crippen LogP contribution in [-0.4, -0.2) is 22.7 Å². The molecule has 0 bridgehead atoms. The van der Waals surface area contributed by atoms with Crippen LogP contribution in [0.15, 0.2) is 42.5 Å². The molecule has 3 N–H and O–H groups in total. The second kappa shape index (κ2) is 6.30. The number of hydrogen-bond donors (Lipinski definition) is 3. The van der Waals surface area contributed by atoms with Crippen molar-refractivity contribution in [3.8, 4) is 11.5 Å². The van der Waals surface area contributed by atoms with Gasteiger partial charge in [0.25, 0.3) is 5.91 Å². The minimum absolute atomic E-state index is 0.0566. The van der Waals surface area contributed by atoms with Crippen LogP contribution in [0.2, 0.25) is 5.02 Å². The second-order valence-corrected chi connectivity index (χ2v) is 4.77. The first-order valence-corrected chi connectivity index (χ1v) is 6.48. The number of phenolic OH excluding ortho intramolecular Hbond substituents is 2. The quantitative estimate of drug-likeness (QED) is 0.759. The smallest absolute Gasteiger partial charge is 0.255 e. The van der Waals surface area contributed by atoms with Crippen molar-refractivity contribution < 1.29 is 15.0 Å². The number of halogens is 1. The number of carbonyl (C=O) groups is 1. The number of rotatable bonds is 4. The van der Waals surface area contributed by atoms with Gasteiger partial charge in [-0.15, -0.1) is 0 Å². The molecule has 104 valence electrons. The molecule has 20 heavy (non-hydrogen) atoms. The standard InChI is InChI=1S/C15H14ClNO3/c16-11-3-1-10(2-4-11)7-8-17-15(20)13-9-12(18)5-6-14(13)19/h1-6,9,18-19H,7-8H2,(H,17,20). The van der Waals surface area contributed by atoms with Gasteiger partial charge in [-0.2, -0.15) is 0 Å². The molecule has 2 aromatic rings. The minimum atomic E-state index is -0.424. The summed E-state index contributed by atoms with van der Waals surface area (Å²) in [4.78, 5) is 11.9. The molecule has 0 heterocycles. The highest BCUT2D eigenvalue weighted by Gasteiger charge is 2.11. The molecule has 2 aromatic carbocycles. The highest BCUT2D eigenvalue weighted by Crippen LogP contribution is 2.21. The third kappa shape index (κ3) is 3.65. The predicted molar refractivity (Wildman–Crippen MR) is 77.3 cm³/mol. The summed E-state index contributed by atoms with van der Waals surface area (Å²) in [6.45, 7) is 0.426. The van der Waals surface area contributed by atoms with Crippen LogP contribution < -0.4 is 5.32 Å². The van der Waals surface area contributed by atoms with E-state index in [2.05, 4.69) is 5.32 Å². The fourth-order valence-corrected chi connectivity index (χ4v) is 1.90. The van der Waals surface area contributed by atoms with Crippen molar-refractivity contribution in [2.45, 2.75) is 6.42 Å². The monoisotopic (exact) mass is 291 g/mol. The van der Waals surface area contributed by atoms with E-state index < -0.39 is 5.91 Å². The first-order valence-electron chi connectivity index (χ1n) is 6.11. The Morgan fingerprint density at radius 2 is 1.80 bits per heavy atom. The first-order chi connectivity index (χ1) is 9.56. The molecule has 0 unspecified atom stereocenters. The molecule has 2 rings (SSSR count). The highest BCUT2D eigenvalue weighted by atomic mass is 35.5. The maximum absolute atomic E-state index is 11.9. The van der Waals surface area contributed by atoms with Crippen LogP contribution in [0.3, 0.4) is 0 Å². The summed E-state index contributed by atoms with van der Waals surface area (Å²) in [6.07, 6.45) is 0.655. The van der Waals surface area contributed by atoms with E-state index in [1.807, 2.05) is 12.1 Å². The topological polar surface area (TPSA) is 69.6 Å². The molecule has 0 aliphatic carbocycles. The van der Waals surface area contributed by atoms with E-state index in [9.17, 15) is 15.0 Å². The van der Waals surface area contributed by atoms with Crippen LogP contribution in [-0.2, 0) is 6.42 Å². The SMILES string of the molecule is O=C(NCCc1ccc(Cl)cc1)c1cc(O)ccc1O. The van der Waals surface area contributed by atoms with Crippen molar-refractivity contribution in [1.82, 2.24) is 5.32 Å². The molecule has 0 atom stereocenters. The van der Waals surface area contributed by atoms with Crippen molar-refractivity contribution in [3.63, 3.8) is 0 Å². The fraction of sp³-hybridized carbons (Fsp3) is 0.133. The molecule has 1 amide bonds. The number of hydrogen-bond acceptors (Lipinski definition) is 3. The summed E-state index contributed by atoms with van der Waals surface area (Å²) >= 11 is 5.79. The van der Waals surface area contributed by atoms with Gasteiger partial charge in [0.15, 0.2) is 0 Å². The summed E-state index contributed by atoms with van der Waals surface area (Å²) in [5.74, 6) is -0.648. The number of aromatic hydroxyl groups is 2. The van der Waals surface area contributed by atoms with Crippen molar-refractivity contribution in [1.29, 1.82) is 0 Å². The fourth-order valence-electron chi connectivity index (χ4n) is 1.77. The number of benzene rings is 2. The molecular weight excluding hydrogens is 278 g/mol. The Morgan fingerprint density at radius 1 is 1.10 bits per heavy atom. The Labute approximate surface area is 121 Å². The zero-order valence-corrected chi connectivity index (χ0v) is 11.4. The number of carbonyl (C=O) groups excluding carboxylic acids is 1. The summed E-state index contributed by atoms with van der Waals surface area (Å²) < 4.78 is 0. The first kappa shape index (κ1) is 14.2. The van der Waals surface area contributed by atoms with Crippen molar-refractivity contribution in [3.05, 3.63) is 58.6 Å². The summed E-state index contributed by atoms with van der Waals surface area (Å²) in [5, 5.41) is 22.2. The third-order valence-electron chi connectivity index (χ3n) is 2.84. The maximum Gasteiger partial charge on any atom is 0.255 e. The van der Waals surface area contributed by atoms with Crippen LogP contribution in [0.1, 0.15) is 15.9 Å². The van der Waals surface area contributed by atoms with E-state index in [-0.39, 0.29) is 17.1 Å². The van der Waals surface area contributed by atoms with Gasteiger partial charge < -0.3 is 15.5 Å². The summed E-state index contributed by atoms with van der Waals surface area (Å²) in [5.41, 5.74) is 1.11. The lowest BCUT2D eigenvalue weighted by Gasteiger charge is -2.07. The zero-order valence-electron chi connectivity index (χ0n) is 10.6. The molecule has 0 saturated heterocycles. The van der Waals surface area contributed by atoms with Gasteiger partial charge in [0.2, 0.25) is 0 Å². The molecule has 0 fully saturated rings. The van der Waals surface area contributed by atoms with Gasteiger partial charge in [-0.3, -0.25) is 4.79 Å². The van der Waals surface area contributed by atoms with Gasteiger partial charge in [0.1, 0.15) is 11.5 Å². The normalized spacial score (nSPS) is 10.2. The van der Waals surface area contributed by atoms with E-state index in [1.165, 1.54) is 18.2 Å². The number of phenols is 2. The van der Waals surface area contributed by atoms with Crippen LogP contribution in [0.4, 0.5) is 0 Å². The van der Waals surface area contributed by atoms with Gasteiger partial charge in [-0.25, -0.2) is 0 Å². The molecule has 4 nitrogen and oxygen atoms in total. The van der Waals surface area contributed by atoms with Crippen LogP contribution in [0.5, 0.6) is 11.5 Å². The van der Waals surface area contributed by atoms with Crippen molar-refractivity contribution in [2.24, 2.45) is 0 Å². The zero-order chi connectivity index (χ0) is 14.5. The largest absolute Gasteiger partial charge is 0.508 e. The van der Waals surface area contributed by atoms with E-state index in [0.717, 1.165) is 5.56 Å². The van der Waals surface area contributed by atoms with Crippen molar-refractivity contribution >= 4 is 17.5 Å². The van der Waals surface area contributed by atoms with Crippen LogP contribution in [0, 0.1) is 0 Å². The van der Waals surface area contributed by atoms with Gasteiger partial charge >= 0.3 is 0 Å². The van der Waals surface area contributed by atoms with Gasteiger partial charge in [-0.05, 0) is 42.3 Å². The Morgan fingerprint density at radius 3 is 2.50 bits per heavy atom. The molecule has 0 aromatic heterocycles. The van der Waals surface area contributed by atoms with Crippen LogP contribution >= 0.6 is 11.6 Å². The number of amides is 1. The van der Waals surface area contributed by atoms with E-state index in [1.54, 1.807) is 12.1 Å². The third-order valence-corrected chi connectivity index (χ3v) is 3.09. The Balaban J connectivity index is 1.92. The average Bonchev–Trinajstić information content (AvgIpc) is 2.43.